The summed E-state index contributed by atoms with van der Waals surface area (Å²) in [4.78, 5) is 15.4. The Hall–Kier alpha value is -2.25. The van der Waals surface area contributed by atoms with Crippen LogP contribution in [-0.4, -0.2) is 59.0 Å². The van der Waals surface area contributed by atoms with E-state index < -0.39 is 0 Å². The summed E-state index contributed by atoms with van der Waals surface area (Å²) in [5, 5.41) is 7.43. The summed E-state index contributed by atoms with van der Waals surface area (Å²) in [5.74, 6) is -0.358. The number of morpholine rings is 1. The number of nitrogens with one attached hydrogen (secondary N) is 1. The van der Waals surface area contributed by atoms with E-state index in [1.807, 2.05) is 13.8 Å². The Morgan fingerprint density at radius 2 is 2.10 bits per heavy atom. The van der Waals surface area contributed by atoms with Crippen molar-refractivity contribution in [1.82, 2.24) is 20.0 Å². The zero-order valence-electron chi connectivity index (χ0n) is 17.1. The van der Waals surface area contributed by atoms with Crippen molar-refractivity contribution in [3.05, 3.63) is 47.5 Å². The molecule has 2 atom stereocenters. The van der Waals surface area contributed by atoms with Crippen LogP contribution in [0.2, 0.25) is 0 Å². The number of piperidine rings is 1. The molecule has 2 saturated heterocycles. The number of benzene rings is 1. The minimum atomic E-state index is -0.298. The minimum Gasteiger partial charge on any atom is -0.373 e. The number of aromatic nitrogens is 2. The highest BCUT2D eigenvalue weighted by molar-refractivity contribution is 5.95. The van der Waals surface area contributed by atoms with Gasteiger partial charge in [0.2, 0.25) is 0 Å². The molecule has 0 bridgehead atoms. The van der Waals surface area contributed by atoms with Crippen molar-refractivity contribution >= 4 is 5.91 Å². The molecule has 0 unspecified atom stereocenters. The van der Waals surface area contributed by atoms with Crippen LogP contribution in [0.5, 0.6) is 0 Å². The van der Waals surface area contributed by atoms with E-state index in [-0.39, 0.29) is 23.7 Å². The van der Waals surface area contributed by atoms with E-state index in [1.54, 1.807) is 23.0 Å². The molecule has 29 heavy (non-hydrogen) atoms. The second-order valence-electron chi connectivity index (χ2n) is 8.30. The zero-order valence-corrected chi connectivity index (χ0v) is 17.1. The van der Waals surface area contributed by atoms with Crippen LogP contribution in [0.15, 0.2) is 30.5 Å². The Morgan fingerprint density at radius 1 is 1.31 bits per heavy atom. The molecular weight excluding hydrogens is 371 g/mol. The van der Waals surface area contributed by atoms with Crippen LogP contribution in [0.25, 0.3) is 5.69 Å². The maximum Gasteiger partial charge on any atom is 0.254 e. The summed E-state index contributed by atoms with van der Waals surface area (Å²) in [6, 6.07) is 6.67. The third-order valence-corrected chi connectivity index (χ3v) is 5.87. The van der Waals surface area contributed by atoms with Crippen molar-refractivity contribution in [3.8, 4) is 5.69 Å². The Labute approximate surface area is 171 Å². The third-order valence-electron chi connectivity index (χ3n) is 5.87. The molecule has 0 spiro atoms. The van der Waals surface area contributed by atoms with Gasteiger partial charge in [-0.25, -0.2) is 9.07 Å². The number of ether oxygens (including phenoxy) is 1. The summed E-state index contributed by atoms with van der Waals surface area (Å²) in [6.07, 6.45) is 5.34. The molecule has 2 aliphatic rings. The number of carbonyl (C=O) groups is 1. The van der Waals surface area contributed by atoms with Gasteiger partial charge in [0.1, 0.15) is 5.82 Å². The minimum absolute atomic E-state index is 0.0166. The first-order valence-electron chi connectivity index (χ1n) is 10.5. The number of hydrogen-bond acceptors (Lipinski definition) is 4. The monoisotopic (exact) mass is 400 g/mol. The largest absolute Gasteiger partial charge is 0.373 e. The van der Waals surface area contributed by atoms with E-state index in [9.17, 15) is 9.18 Å². The van der Waals surface area contributed by atoms with Crippen molar-refractivity contribution < 1.29 is 13.9 Å². The first kappa shape index (κ1) is 20.0. The number of fused-ring (bicyclic) bond motifs is 1. The SMILES string of the molecule is CC(C)c1c(C(=O)NC[C@@H]2CN3CCCC[C@@H]3CO2)cnn1-c1ccc(F)cc1. The van der Waals surface area contributed by atoms with Gasteiger partial charge in [0.25, 0.3) is 5.91 Å². The molecule has 2 aromatic rings. The van der Waals surface area contributed by atoms with E-state index in [0.29, 0.717) is 18.2 Å². The van der Waals surface area contributed by atoms with Gasteiger partial charge in [0, 0.05) is 19.1 Å². The van der Waals surface area contributed by atoms with Crippen LogP contribution in [0.1, 0.15) is 55.1 Å². The number of carbonyl (C=O) groups excluding carboxylic acids is 1. The maximum atomic E-state index is 13.3. The van der Waals surface area contributed by atoms with E-state index in [0.717, 1.165) is 31.1 Å². The van der Waals surface area contributed by atoms with Crippen LogP contribution in [0.3, 0.4) is 0 Å². The Morgan fingerprint density at radius 3 is 2.86 bits per heavy atom. The Kier molecular flexibility index (Phi) is 5.96. The molecule has 2 aliphatic heterocycles. The van der Waals surface area contributed by atoms with Crippen LogP contribution in [-0.2, 0) is 4.74 Å². The molecule has 0 saturated carbocycles. The number of rotatable bonds is 5. The standard InChI is InChI=1S/C22H29FN4O2/c1-15(2)21-20(12-25-27(21)17-8-6-16(23)7-9-17)22(28)24-11-19-13-26-10-4-3-5-18(26)14-29-19/h6-9,12,15,18-19H,3-5,10-11,13-14H2,1-2H3,(H,24,28)/t18-,19-/m1/s1. The molecule has 156 valence electrons. The molecule has 3 heterocycles. The number of hydrogen-bond donors (Lipinski definition) is 1. The molecule has 1 amide bonds. The average molecular weight is 400 g/mol. The van der Waals surface area contributed by atoms with Crippen molar-refractivity contribution in [2.45, 2.75) is 51.2 Å². The van der Waals surface area contributed by atoms with Gasteiger partial charge >= 0.3 is 0 Å². The highest BCUT2D eigenvalue weighted by atomic mass is 19.1. The molecule has 0 radical (unpaired) electrons. The second kappa shape index (κ2) is 8.63. The van der Waals surface area contributed by atoms with Crippen molar-refractivity contribution in [2.24, 2.45) is 0 Å². The molecule has 4 rings (SSSR count). The van der Waals surface area contributed by atoms with E-state index >= 15 is 0 Å². The summed E-state index contributed by atoms with van der Waals surface area (Å²) in [7, 11) is 0. The lowest BCUT2D eigenvalue weighted by Gasteiger charge is -2.42. The van der Waals surface area contributed by atoms with Crippen molar-refractivity contribution in [3.63, 3.8) is 0 Å². The van der Waals surface area contributed by atoms with E-state index in [4.69, 9.17) is 4.74 Å². The lowest BCUT2D eigenvalue weighted by Crippen LogP contribution is -2.54. The third kappa shape index (κ3) is 4.36. The predicted molar refractivity (Wildman–Crippen MR) is 109 cm³/mol. The van der Waals surface area contributed by atoms with Gasteiger partial charge in [-0.2, -0.15) is 5.10 Å². The normalized spacial score (nSPS) is 22.5. The number of amides is 1. The second-order valence-corrected chi connectivity index (χ2v) is 8.30. The first-order chi connectivity index (χ1) is 14.0. The molecule has 1 aromatic carbocycles. The quantitative estimate of drug-likeness (QED) is 0.838. The van der Waals surface area contributed by atoms with Crippen LogP contribution in [0, 0.1) is 5.82 Å². The highest BCUT2D eigenvalue weighted by Gasteiger charge is 2.31. The first-order valence-corrected chi connectivity index (χ1v) is 10.5. The fourth-order valence-corrected chi connectivity index (χ4v) is 4.35. The van der Waals surface area contributed by atoms with Gasteiger partial charge in [0.15, 0.2) is 0 Å². The zero-order chi connectivity index (χ0) is 20.4. The van der Waals surface area contributed by atoms with Gasteiger partial charge in [0.05, 0.1) is 35.9 Å². The molecule has 0 aliphatic carbocycles. The van der Waals surface area contributed by atoms with E-state index in [1.165, 1.54) is 31.4 Å². The smallest absolute Gasteiger partial charge is 0.254 e. The lowest BCUT2D eigenvalue weighted by molar-refractivity contribution is -0.0725. The summed E-state index contributed by atoms with van der Waals surface area (Å²) in [5.41, 5.74) is 2.10. The van der Waals surface area contributed by atoms with Crippen LogP contribution < -0.4 is 5.32 Å². The summed E-state index contributed by atoms with van der Waals surface area (Å²) < 4.78 is 21.0. The van der Waals surface area contributed by atoms with Crippen molar-refractivity contribution in [2.75, 3.05) is 26.2 Å². The molecular formula is C22H29FN4O2. The number of nitrogens with zero attached hydrogens (tertiary/aromatic N) is 3. The summed E-state index contributed by atoms with van der Waals surface area (Å²) >= 11 is 0. The highest BCUT2D eigenvalue weighted by Crippen LogP contribution is 2.24. The Bertz CT molecular complexity index is 849. The van der Waals surface area contributed by atoms with Gasteiger partial charge in [-0.3, -0.25) is 9.69 Å². The van der Waals surface area contributed by atoms with E-state index in [2.05, 4.69) is 15.3 Å². The molecule has 1 aromatic heterocycles. The molecule has 1 N–H and O–H groups in total. The maximum absolute atomic E-state index is 13.3. The van der Waals surface area contributed by atoms with Crippen LogP contribution in [0.4, 0.5) is 4.39 Å². The summed E-state index contributed by atoms with van der Waals surface area (Å²) in [6.45, 7) is 7.28. The molecule has 7 heteroatoms. The molecule has 2 fully saturated rings. The lowest BCUT2D eigenvalue weighted by atomic mass is 10.0. The van der Waals surface area contributed by atoms with Gasteiger partial charge < -0.3 is 10.1 Å². The fourth-order valence-electron chi connectivity index (χ4n) is 4.35. The van der Waals surface area contributed by atoms with Gasteiger partial charge in [-0.15, -0.1) is 0 Å². The topological polar surface area (TPSA) is 59.4 Å². The fraction of sp³-hybridized carbons (Fsp3) is 0.545. The average Bonchev–Trinajstić information content (AvgIpc) is 3.18. The molecule has 6 nitrogen and oxygen atoms in total. The number of halogens is 1. The Balaban J connectivity index is 1.44. The van der Waals surface area contributed by atoms with Crippen LogP contribution >= 0.6 is 0 Å². The predicted octanol–water partition coefficient (Wildman–Crippen LogP) is 3.12. The van der Waals surface area contributed by atoms with Gasteiger partial charge in [-0.1, -0.05) is 20.3 Å². The van der Waals surface area contributed by atoms with Gasteiger partial charge in [-0.05, 0) is 49.6 Å². The van der Waals surface area contributed by atoms with Crippen molar-refractivity contribution in [1.29, 1.82) is 0 Å².